The van der Waals surface area contributed by atoms with Crippen molar-refractivity contribution in [1.82, 2.24) is 0 Å². The van der Waals surface area contributed by atoms with Crippen molar-refractivity contribution < 1.29 is 4.79 Å². The Morgan fingerprint density at radius 1 is 1.33 bits per heavy atom. The highest BCUT2D eigenvalue weighted by Crippen LogP contribution is 2.25. The van der Waals surface area contributed by atoms with Gasteiger partial charge in [0.1, 0.15) is 0 Å². The van der Waals surface area contributed by atoms with Crippen molar-refractivity contribution in [3.63, 3.8) is 0 Å². The van der Waals surface area contributed by atoms with Crippen molar-refractivity contribution in [3.8, 4) is 0 Å². The molecule has 80 valence electrons. The zero-order valence-electron chi connectivity index (χ0n) is 8.28. The normalized spacial score (nSPS) is 16.5. The monoisotopic (exact) mass is 241 g/mol. The molecule has 1 fully saturated rings. The Bertz CT molecular complexity index is 364. The molecule has 0 atom stereocenters. The summed E-state index contributed by atoms with van der Waals surface area (Å²) in [7, 11) is 0. The highest BCUT2D eigenvalue weighted by atomic mass is 35.5. The molecule has 0 amide bonds. The van der Waals surface area contributed by atoms with E-state index in [2.05, 4.69) is 4.90 Å². The van der Waals surface area contributed by atoms with Gasteiger partial charge in [0.25, 0.3) is 0 Å². The van der Waals surface area contributed by atoms with Crippen LogP contribution in [0.15, 0.2) is 18.2 Å². The average Bonchev–Trinajstić information content (AvgIpc) is 2.30. The van der Waals surface area contributed by atoms with Crippen LogP contribution in [-0.2, 0) is 0 Å². The molecule has 0 spiro atoms. The number of rotatable bonds is 2. The number of thioether (sulfide) groups is 1. The Morgan fingerprint density at radius 2 is 2.07 bits per heavy atom. The van der Waals surface area contributed by atoms with E-state index in [4.69, 9.17) is 11.6 Å². The zero-order chi connectivity index (χ0) is 10.7. The second-order valence-electron chi connectivity index (χ2n) is 3.42. The fraction of sp³-hybridized carbons (Fsp3) is 0.364. The van der Waals surface area contributed by atoms with Gasteiger partial charge in [-0.3, -0.25) is 4.79 Å². The summed E-state index contributed by atoms with van der Waals surface area (Å²) in [5.41, 5.74) is 1.70. The van der Waals surface area contributed by atoms with Crippen molar-refractivity contribution in [2.24, 2.45) is 0 Å². The number of benzene rings is 1. The Hall–Kier alpha value is -0.670. The molecule has 4 heteroatoms. The summed E-state index contributed by atoms with van der Waals surface area (Å²) in [5, 5.41) is 0.618. The van der Waals surface area contributed by atoms with E-state index < -0.39 is 0 Å². The highest BCUT2D eigenvalue weighted by Gasteiger charge is 2.14. The molecule has 0 N–H and O–H groups in total. The van der Waals surface area contributed by atoms with Gasteiger partial charge in [-0.1, -0.05) is 11.6 Å². The molecular weight excluding hydrogens is 230 g/mol. The van der Waals surface area contributed by atoms with Crippen molar-refractivity contribution in [3.05, 3.63) is 28.8 Å². The van der Waals surface area contributed by atoms with Gasteiger partial charge in [-0.05, 0) is 18.2 Å². The van der Waals surface area contributed by atoms with E-state index >= 15 is 0 Å². The zero-order valence-corrected chi connectivity index (χ0v) is 9.85. The second-order valence-corrected chi connectivity index (χ2v) is 5.08. The van der Waals surface area contributed by atoms with Gasteiger partial charge in [-0.25, -0.2) is 0 Å². The average molecular weight is 242 g/mol. The summed E-state index contributed by atoms with van der Waals surface area (Å²) in [5.74, 6) is 2.25. The number of hydrogen-bond donors (Lipinski definition) is 0. The number of aldehydes is 1. The summed E-state index contributed by atoms with van der Waals surface area (Å²) in [6.07, 6.45) is 0.878. The van der Waals surface area contributed by atoms with Gasteiger partial charge in [-0.2, -0.15) is 11.8 Å². The summed E-state index contributed by atoms with van der Waals surface area (Å²) in [4.78, 5) is 13.2. The smallest absolute Gasteiger partial charge is 0.152 e. The summed E-state index contributed by atoms with van der Waals surface area (Å²) >= 11 is 7.81. The van der Waals surface area contributed by atoms with Crippen molar-refractivity contribution >= 4 is 35.3 Å². The molecule has 0 radical (unpaired) electrons. The number of nitrogens with zero attached hydrogens (tertiary/aromatic N) is 1. The van der Waals surface area contributed by atoms with Gasteiger partial charge in [0.05, 0.1) is 0 Å². The summed E-state index contributed by atoms with van der Waals surface area (Å²) in [6, 6.07) is 5.50. The molecule has 1 aliphatic heterocycles. The van der Waals surface area contributed by atoms with Gasteiger partial charge in [0, 0.05) is 40.9 Å². The molecule has 0 aromatic heterocycles. The predicted molar refractivity (Wildman–Crippen MR) is 66.4 cm³/mol. The van der Waals surface area contributed by atoms with E-state index in [-0.39, 0.29) is 0 Å². The fourth-order valence-electron chi connectivity index (χ4n) is 1.71. The summed E-state index contributed by atoms with van der Waals surface area (Å²) in [6.45, 7) is 2.01. The van der Waals surface area contributed by atoms with Crippen molar-refractivity contribution in [2.45, 2.75) is 0 Å². The van der Waals surface area contributed by atoms with E-state index in [1.807, 2.05) is 23.9 Å². The first kappa shape index (κ1) is 10.8. The summed E-state index contributed by atoms with van der Waals surface area (Å²) < 4.78 is 0. The molecule has 1 aromatic rings. The lowest BCUT2D eigenvalue weighted by Crippen LogP contribution is -2.33. The number of halogens is 1. The van der Waals surface area contributed by atoms with E-state index in [1.165, 1.54) is 0 Å². The van der Waals surface area contributed by atoms with Crippen LogP contribution in [0.1, 0.15) is 10.4 Å². The van der Waals surface area contributed by atoms with Crippen LogP contribution in [0.2, 0.25) is 5.02 Å². The molecule has 15 heavy (non-hydrogen) atoms. The predicted octanol–water partition coefficient (Wildman–Crippen LogP) is 2.71. The molecule has 1 saturated heterocycles. The lowest BCUT2D eigenvalue weighted by molar-refractivity contribution is 0.112. The van der Waals surface area contributed by atoms with Crippen LogP contribution >= 0.6 is 23.4 Å². The first-order valence-corrected chi connectivity index (χ1v) is 6.42. The van der Waals surface area contributed by atoms with Crippen LogP contribution in [0, 0.1) is 0 Å². The van der Waals surface area contributed by atoms with Crippen LogP contribution in [0.5, 0.6) is 0 Å². The van der Waals surface area contributed by atoms with E-state index in [1.54, 1.807) is 6.07 Å². The molecule has 0 bridgehead atoms. The third-order valence-electron chi connectivity index (χ3n) is 2.47. The molecule has 1 aromatic carbocycles. The third-order valence-corrected chi connectivity index (χ3v) is 3.65. The molecule has 2 rings (SSSR count). The van der Waals surface area contributed by atoms with Crippen LogP contribution in [0.25, 0.3) is 0 Å². The van der Waals surface area contributed by atoms with Crippen LogP contribution in [-0.4, -0.2) is 30.9 Å². The molecule has 1 heterocycles. The minimum Gasteiger partial charge on any atom is -0.369 e. The fourth-order valence-corrected chi connectivity index (χ4v) is 2.80. The van der Waals surface area contributed by atoms with E-state index in [0.29, 0.717) is 10.6 Å². The maximum absolute atomic E-state index is 10.9. The Kier molecular flexibility index (Phi) is 3.54. The van der Waals surface area contributed by atoms with Crippen LogP contribution < -0.4 is 4.90 Å². The minimum absolute atomic E-state index is 0.618. The van der Waals surface area contributed by atoms with Crippen molar-refractivity contribution in [1.29, 1.82) is 0 Å². The molecule has 1 aliphatic rings. The maximum Gasteiger partial charge on any atom is 0.152 e. The van der Waals surface area contributed by atoms with Crippen molar-refractivity contribution in [2.75, 3.05) is 29.5 Å². The molecule has 0 unspecified atom stereocenters. The van der Waals surface area contributed by atoms with Gasteiger partial charge >= 0.3 is 0 Å². The standard InChI is InChI=1S/C11H12ClNOS/c12-10-1-2-11(9(7-10)8-14)13-3-5-15-6-4-13/h1-2,7-8H,3-6H2. The molecular formula is C11H12ClNOS. The van der Waals surface area contributed by atoms with E-state index in [0.717, 1.165) is 36.6 Å². The maximum atomic E-state index is 10.9. The van der Waals surface area contributed by atoms with Crippen LogP contribution in [0.4, 0.5) is 5.69 Å². The van der Waals surface area contributed by atoms with Crippen LogP contribution in [0.3, 0.4) is 0 Å². The number of carbonyl (C=O) groups is 1. The SMILES string of the molecule is O=Cc1cc(Cl)ccc1N1CCSCC1. The highest BCUT2D eigenvalue weighted by molar-refractivity contribution is 7.99. The van der Waals surface area contributed by atoms with Gasteiger partial charge in [0.2, 0.25) is 0 Å². The van der Waals surface area contributed by atoms with Gasteiger partial charge < -0.3 is 4.90 Å². The molecule has 0 saturated carbocycles. The molecule has 0 aliphatic carbocycles. The number of hydrogen-bond acceptors (Lipinski definition) is 3. The van der Waals surface area contributed by atoms with Gasteiger partial charge in [-0.15, -0.1) is 0 Å². The quantitative estimate of drug-likeness (QED) is 0.743. The lowest BCUT2D eigenvalue weighted by atomic mass is 10.1. The topological polar surface area (TPSA) is 20.3 Å². The second kappa shape index (κ2) is 4.90. The Balaban J connectivity index is 2.29. The van der Waals surface area contributed by atoms with E-state index in [9.17, 15) is 4.79 Å². The Morgan fingerprint density at radius 3 is 2.73 bits per heavy atom. The third kappa shape index (κ3) is 2.47. The lowest BCUT2D eigenvalue weighted by Gasteiger charge is -2.29. The van der Waals surface area contributed by atoms with Gasteiger partial charge in [0.15, 0.2) is 6.29 Å². The molecule has 2 nitrogen and oxygen atoms in total. The minimum atomic E-state index is 0.618. The number of carbonyl (C=O) groups excluding carboxylic acids is 1. The first-order chi connectivity index (χ1) is 7.31. The first-order valence-electron chi connectivity index (χ1n) is 4.88. The number of anilines is 1. The Labute approximate surface area is 98.6 Å². The largest absolute Gasteiger partial charge is 0.369 e.